The van der Waals surface area contributed by atoms with Crippen LogP contribution in [0.5, 0.6) is 0 Å². The van der Waals surface area contributed by atoms with Gasteiger partial charge in [-0.2, -0.15) is 5.10 Å². The summed E-state index contributed by atoms with van der Waals surface area (Å²) in [4.78, 5) is 11.7. The lowest BCUT2D eigenvalue weighted by atomic mass is 10.1. The summed E-state index contributed by atoms with van der Waals surface area (Å²) in [6, 6.07) is 10.4. The van der Waals surface area contributed by atoms with E-state index < -0.39 is 0 Å². The highest BCUT2D eigenvalue weighted by atomic mass is 79.9. The summed E-state index contributed by atoms with van der Waals surface area (Å²) in [5, 5.41) is 7.22. The molecule has 1 aromatic carbocycles. The molecular weight excluding hydrogens is 306 g/mol. The summed E-state index contributed by atoms with van der Waals surface area (Å²) in [6.07, 6.45) is 3.68. The Morgan fingerprint density at radius 1 is 1.32 bits per heavy atom. The van der Waals surface area contributed by atoms with Crippen LogP contribution in [0.1, 0.15) is 12.0 Å². The highest BCUT2D eigenvalue weighted by molar-refractivity contribution is 9.10. The van der Waals surface area contributed by atoms with Gasteiger partial charge in [0.25, 0.3) is 5.56 Å². The first-order valence-electron chi connectivity index (χ1n) is 6.18. The second kappa shape index (κ2) is 6.52. The van der Waals surface area contributed by atoms with E-state index in [4.69, 9.17) is 0 Å². The van der Waals surface area contributed by atoms with Gasteiger partial charge in [0.1, 0.15) is 4.47 Å². The summed E-state index contributed by atoms with van der Waals surface area (Å²) in [6.45, 7) is 0.808. The zero-order valence-corrected chi connectivity index (χ0v) is 12.4. The predicted molar refractivity (Wildman–Crippen MR) is 80.4 cm³/mol. The summed E-state index contributed by atoms with van der Waals surface area (Å²) in [5.41, 5.74) is 1.94. The van der Waals surface area contributed by atoms with Crippen LogP contribution in [0.2, 0.25) is 0 Å². The van der Waals surface area contributed by atoms with Gasteiger partial charge < -0.3 is 5.32 Å². The van der Waals surface area contributed by atoms with Crippen molar-refractivity contribution >= 4 is 21.6 Å². The lowest BCUT2D eigenvalue weighted by Gasteiger charge is -2.08. The molecule has 5 heteroatoms. The van der Waals surface area contributed by atoms with E-state index in [0.29, 0.717) is 4.47 Å². The molecule has 0 saturated heterocycles. The molecule has 0 fully saturated rings. The van der Waals surface area contributed by atoms with Crippen molar-refractivity contribution in [3.05, 3.63) is 56.9 Å². The molecule has 0 atom stereocenters. The van der Waals surface area contributed by atoms with Crippen LogP contribution in [0.25, 0.3) is 0 Å². The van der Waals surface area contributed by atoms with E-state index in [1.54, 1.807) is 13.2 Å². The molecule has 4 nitrogen and oxygen atoms in total. The first kappa shape index (κ1) is 13.8. The fraction of sp³-hybridized carbons (Fsp3) is 0.286. The number of benzene rings is 1. The molecule has 0 radical (unpaired) electrons. The van der Waals surface area contributed by atoms with E-state index in [-0.39, 0.29) is 5.56 Å². The van der Waals surface area contributed by atoms with E-state index in [9.17, 15) is 4.79 Å². The zero-order chi connectivity index (χ0) is 13.7. The third kappa shape index (κ3) is 3.67. The number of aromatic nitrogens is 2. The third-order valence-electron chi connectivity index (χ3n) is 2.88. The Morgan fingerprint density at radius 3 is 2.79 bits per heavy atom. The van der Waals surface area contributed by atoms with E-state index in [2.05, 4.69) is 38.5 Å². The molecular formula is C14H16BrN3O. The van der Waals surface area contributed by atoms with Crippen LogP contribution in [-0.2, 0) is 13.5 Å². The fourth-order valence-corrected chi connectivity index (χ4v) is 2.29. The van der Waals surface area contributed by atoms with Gasteiger partial charge in [-0.3, -0.25) is 4.79 Å². The minimum absolute atomic E-state index is 0.131. The van der Waals surface area contributed by atoms with Crippen molar-refractivity contribution in [3.63, 3.8) is 0 Å². The van der Waals surface area contributed by atoms with E-state index in [1.165, 1.54) is 10.2 Å². The van der Waals surface area contributed by atoms with Crippen molar-refractivity contribution in [2.75, 3.05) is 11.9 Å². The van der Waals surface area contributed by atoms with Gasteiger partial charge in [0.05, 0.1) is 11.9 Å². The van der Waals surface area contributed by atoms with Crippen molar-refractivity contribution in [3.8, 4) is 0 Å². The van der Waals surface area contributed by atoms with Gasteiger partial charge in [0.2, 0.25) is 0 Å². The maximum absolute atomic E-state index is 11.7. The quantitative estimate of drug-likeness (QED) is 0.861. The van der Waals surface area contributed by atoms with Crippen molar-refractivity contribution < 1.29 is 0 Å². The molecule has 2 rings (SSSR count). The molecule has 0 amide bonds. The first-order valence-corrected chi connectivity index (χ1v) is 6.97. The van der Waals surface area contributed by atoms with Crippen LogP contribution in [-0.4, -0.2) is 16.3 Å². The Morgan fingerprint density at radius 2 is 2.05 bits per heavy atom. The molecule has 1 heterocycles. The van der Waals surface area contributed by atoms with Crippen LogP contribution in [0.4, 0.5) is 5.69 Å². The van der Waals surface area contributed by atoms with Crippen molar-refractivity contribution in [1.29, 1.82) is 0 Å². The molecule has 1 aromatic heterocycles. The fourth-order valence-electron chi connectivity index (χ4n) is 1.79. The van der Waals surface area contributed by atoms with Crippen LogP contribution < -0.4 is 10.9 Å². The Balaban J connectivity index is 1.87. The number of aryl methyl sites for hydroxylation is 2. The Kier molecular flexibility index (Phi) is 4.74. The summed E-state index contributed by atoms with van der Waals surface area (Å²) in [7, 11) is 1.63. The second-order valence-electron chi connectivity index (χ2n) is 4.32. The number of nitrogens with zero attached hydrogens (tertiary/aromatic N) is 2. The molecule has 0 saturated carbocycles. The molecule has 0 unspecified atom stereocenters. The highest BCUT2D eigenvalue weighted by Crippen LogP contribution is 2.15. The highest BCUT2D eigenvalue weighted by Gasteiger charge is 2.05. The smallest absolute Gasteiger partial charge is 0.282 e. The molecule has 0 bridgehead atoms. The number of rotatable bonds is 5. The molecule has 100 valence electrons. The summed E-state index contributed by atoms with van der Waals surface area (Å²) >= 11 is 3.29. The standard InChI is InChI=1S/C14H16BrN3O/c1-18-14(19)13(15)12(10-17-18)16-9-5-8-11-6-3-2-4-7-11/h2-4,6-7,10,16H,5,8-9H2,1H3. The molecule has 1 N–H and O–H groups in total. The maximum atomic E-state index is 11.7. The monoisotopic (exact) mass is 321 g/mol. The molecule has 19 heavy (non-hydrogen) atoms. The maximum Gasteiger partial charge on any atom is 0.282 e. The summed E-state index contributed by atoms with van der Waals surface area (Å²) in [5.74, 6) is 0. The molecule has 2 aromatic rings. The van der Waals surface area contributed by atoms with E-state index in [0.717, 1.165) is 25.1 Å². The Labute approximate surface area is 120 Å². The van der Waals surface area contributed by atoms with Crippen molar-refractivity contribution in [1.82, 2.24) is 9.78 Å². The van der Waals surface area contributed by atoms with Crippen molar-refractivity contribution in [2.24, 2.45) is 7.05 Å². The van der Waals surface area contributed by atoms with E-state index in [1.807, 2.05) is 18.2 Å². The van der Waals surface area contributed by atoms with E-state index >= 15 is 0 Å². The average Bonchev–Trinajstić information content (AvgIpc) is 2.44. The number of halogens is 1. The number of hydrogen-bond acceptors (Lipinski definition) is 3. The minimum atomic E-state index is -0.131. The number of anilines is 1. The SMILES string of the molecule is Cn1ncc(NCCCc2ccccc2)c(Br)c1=O. The van der Waals surface area contributed by atoms with Gasteiger partial charge in [-0.15, -0.1) is 0 Å². The van der Waals surface area contributed by atoms with Gasteiger partial charge in [0, 0.05) is 13.6 Å². The number of hydrogen-bond donors (Lipinski definition) is 1. The van der Waals surface area contributed by atoms with Gasteiger partial charge in [-0.25, -0.2) is 4.68 Å². The Bertz CT molecular complexity index is 595. The minimum Gasteiger partial charge on any atom is -0.383 e. The zero-order valence-electron chi connectivity index (χ0n) is 10.8. The lowest BCUT2D eigenvalue weighted by Crippen LogP contribution is -2.21. The second-order valence-corrected chi connectivity index (χ2v) is 5.11. The van der Waals surface area contributed by atoms with Crippen LogP contribution in [0, 0.1) is 0 Å². The van der Waals surface area contributed by atoms with Gasteiger partial charge in [-0.1, -0.05) is 30.3 Å². The van der Waals surface area contributed by atoms with Crippen LogP contribution >= 0.6 is 15.9 Å². The lowest BCUT2D eigenvalue weighted by molar-refractivity contribution is 0.702. The van der Waals surface area contributed by atoms with Crippen LogP contribution in [0.15, 0.2) is 45.8 Å². The topological polar surface area (TPSA) is 46.9 Å². The molecule has 0 aliphatic heterocycles. The van der Waals surface area contributed by atoms with Crippen molar-refractivity contribution in [2.45, 2.75) is 12.8 Å². The van der Waals surface area contributed by atoms with Gasteiger partial charge in [0.15, 0.2) is 0 Å². The molecule has 0 aliphatic rings. The summed E-state index contributed by atoms with van der Waals surface area (Å²) < 4.78 is 1.84. The largest absolute Gasteiger partial charge is 0.383 e. The number of nitrogens with one attached hydrogen (secondary N) is 1. The predicted octanol–water partition coefficient (Wildman–Crippen LogP) is 2.59. The molecule has 0 aliphatic carbocycles. The van der Waals surface area contributed by atoms with Gasteiger partial charge in [-0.05, 0) is 34.3 Å². The van der Waals surface area contributed by atoms with Crippen LogP contribution in [0.3, 0.4) is 0 Å². The third-order valence-corrected chi connectivity index (χ3v) is 3.65. The molecule has 0 spiro atoms. The van der Waals surface area contributed by atoms with Gasteiger partial charge >= 0.3 is 0 Å². The first-order chi connectivity index (χ1) is 9.18. The average molecular weight is 322 g/mol. The normalized spacial score (nSPS) is 10.4. The Hall–Kier alpha value is -1.62.